The number of rotatable bonds is 5. The number of carbonyl (C=O) groups is 1. The fourth-order valence-electron chi connectivity index (χ4n) is 1.52. The molecule has 0 aliphatic heterocycles. The Hall–Kier alpha value is -1.34. The Morgan fingerprint density at radius 3 is 2.89 bits per heavy atom. The molecule has 2 amide bonds. The number of amides is 2. The van der Waals surface area contributed by atoms with Crippen LogP contribution < -0.4 is 16.2 Å². The van der Waals surface area contributed by atoms with Crippen molar-refractivity contribution in [2.24, 2.45) is 13.0 Å². The summed E-state index contributed by atoms with van der Waals surface area (Å²) in [5.74, 6) is 0.182. The van der Waals surface area contributed by atoms with E-state index in [9.17, 15) is 9.59 Å². The van der Waals surface area contributed by atoms with E-state index in [0.29, 0.717) is 17.4 Å². The van der Waals surface area contributed by atoms with Gasteiger partial charge >= 0.3 is 6.03 Å². The second-order valence-corrected chi connectivity index (χ2v) is 5.36. The van der Waals surface area contributed by atoms with Crippen molar-refractivity contribution in [2.75, 3.05) is 18.5 Å². The third-order valence-corrected chi connectivity index (χ3v) is 3.06. The number of carbonyl (C=O) groups excluding carboxylic acids is 1. The molecule has 0 saturated carbocycles. The second-order valence-electron chi connectivity index (χ2n) is 4.44. The summed E-state index contributed by atoms with van der Waals surface area (Å²) in [7, 11) is 1.61. The van der Waals surface area contributed by atoms with Crippen LogP contribution >= 0.6 is 15.9 Å². The smallest absolute Gasteiger partial charge is 0.319 e. The number of aryl methyl sites for hydroxylation is 1. The van der Waals surface area contributed by atoms with Crippen molar-refractivity contribution in [1.29, 1.82) is 0 Å². The highest BCUT2D eigenvalue weighted by molar-refractivity contribution is 9.10. The van der Waals surface area contributed by atoms with E-state index < -0.39 is 6.03 Å². The fraction of sp³-hybridized carbons (Fsp3) is 0.500. The summed E-state index contributed by atoms with van der Waals surface area (Å²) in [5.41, 5.74) is -0.0639. The van der Waals surface area contributed by atoms with E-state index in [1.807, 2.05) is 6.92 Å². The summed E-state index contributed by atoms with van der Waals surface area (Å²) >= 11 is 3.26. The molecule has 0 aliphatic carbocycles. The Balaban J connectivity index is 2.60. The summed E-state index contributed by atoms with van der Waals surface area (Å²) < 4.78 is 2.09. The third-order valence-electron chi connectivity index (χ3n) is 2.63. The maximum Gasteiger partial charge on any atom is 0.319 e. The lowest BCUT2D eigenvalue weighted by atomic mass is 10.1. The number of pyridine rings is 1. The van der Waals surface area contributed by atoms with Gasteiger partial charge in [0.25, 0.3) is 5.56 Å². The molecule has 0 spiro atoms. The van der Waals surface area contributed by atoms with Gasteiger partial charge in [-0.3, -0.25) is 4.79 Å². The van der Waals surface area contributed by atoms with Crippen LogP contribution in [0.4, 0.5) is 10.5 Å². The normalized spacial score (nSPS) is 12.0. The van der Waals surface area contributed by atoms with Gasteiger partial charge in [-0.2, -0.15) is 0 Å². The zero-order valence-corrected chi connectivity index (χ0v) is 12.5. The average Bonchev–Trinajstić information content (AvgIpc) is 2.33. The number of halogens is 1. The highest BCUT2D eigenvalue weighted by atomic mass is 79.9. The second kappa shape index (κ2) is 7.30. The molecule has 106 valence electrons. The zero-order chi connectivity index (χ0) is 14.4. The highest BCUT2D eigenvalue weighted by Crippen LogP contribution is 2.11. The quantitative estimate of drug-likeness (QED) is 0.760. The van der Waals surface area contributed by atoms with E-state index in [4.69, 9.17) is 5.11 Å². The number of urea groups is 1. The molecule has 3 N–H and O–H groups in total. The van der Waals surface area contributed by atoms with Crippen molar-refractivity contribution >= 4 is 27.6 Å². The van der Waals surface area contributed by atoms with E-state index in [1.54, 1.807) is 19.3 Å². The number of hydrogen-bond donors (Lipinski definition) is 3. The SMILES string of the molecule is CC(CCO)CNC(=O)Nc1cc(Br)cn(C)c1=O. The van der Waals surface area contributed by atoms with Crippen LogP contribution in [0, 0.1) is 5.92 Å². The fourth-order valence-corrected chi connectivity index (χ4v) is 2.05. The first-order chi connectivity index (χ1) is 8.93. The van der Waals surface area contributed by atoms with Gasteiger partial charge in [-0.05, 0) is 34.3 Å². The van der Waals surface area contributed by atoms with Gasteiger partial charge in [-0.15, -0.1) is 0 Å². The molecule has 1 unspecified atom stereocenters. The lowest BCUT2D eigenvalue weighted by molar-refractivity contribution is 0.243. The van der Waals surface area contributed by atoms with Crippen molar-refractivity contribution in [1.82, 2.24) is 9.88 Å². The van der Waals surface area contributed by atoms with Gasteiger partial charge in [0, 0.05) is 30.9 Å². The molecule has 6 nitrogen and oxygen atoms in total. The molecule has 0 radical (unpaired) electrons. The lowest BCUT2D eigenvalue weighted by Crippen LogP contribution is -2.35. The van der Waals surface area contributed by atoms with Crippen LogP contribution in [0.25, 0.3) is 0 Å². The molecular formula is C12H18BrN3O3. The third kappa shape index (κ3) is 5.04. The minimum Gasteiger partial charge on any atom is -0.396 e. The zero-order valence-electron chi connectivity index (χ0n) is 10.9. The van der Waals surface area contributed by atoms with Gasteiger partial charge in [0.05, 0.1) is 0 Å². The Morgan fingerprint density at radius 2 is 2.26 bits per heavy atom. The number of hydrogen-bond acceptors (Lipinski definition) is 3. The largest absolute Gasteiger partial charge is 0.396 e. The number of nitrogens with one attached hydrogen (secondary N) is 2. The molecule has 0 aliphatic rings. The standard InChI is InChI=1S/C12H18BrN3O3/c1-8(3-4-17)6-14-12(19)15-10-5-9(13)7-16(2)11(10)18/h5,7-8,17H,3-4,6H2,1-2H3,(H2,14,15,19). The summed E-state index contributed by atoms with van der Waals surface area (Å²) in [6.45, 7) is 2.46. The van der Waals surface area contributed by atoms with E-state index in [2.05, 4.69) is 26.6 Å². The minimum absolute atomic E-state index is 0.0939. The summed E-state index contributed by atoms with van der Waals surface area (Å²) in [6.07, 6.45) is 2.24. The first-order valence-electron chi connectivity index (χ1n) is 5.96. The van der Waals surface area contributed by atoms with E-state index in [-0.39, 0.29) is 23.8 Å². The van der Waals surface area contributed by atoms with Crippen molar-refractivity contribution in [3.63, 3.8) is 0 Å². The number of anilines is 1. The van der Waals surface area contributed by atoms with E-state index in [1.165, 1.54) is 4.57 Å². The van der Waals surface area contributed by atoms with Crippen molar-refractivity contribution in [3.05, 3.63) is 27.1 Å². The molecule has 0 saturated heterocycles. The first kappa shape index (κ1) is 15.7. The van der Waals surface area contributed by atoms with E-state index in [0.717, 1.165) is 0 Å². The van der Waals surface area contributed by atoms with Gasteiger partial charge in [0.1, 0.15) is 5.69 Å². The van der Waals surface area contributed by atoms with Crippen molar-refractivity contribution in [3.8, 4) is 0 Å². The summed E-state index contributed by atoms with van der Waals surface area (Å²) in [5, 5.41) is 13.9. The predicted octanol–water partition coefficient (Wildman–Crippen LogP) is 1.29. The molecule has 1 aromatic rings. The van der Waals surface area contributed by atoms with Gasteiger partial charge in [0.2, 0.25) is 0 Å². The number of aliphatic hydroxyl groups is 1. The summed E-state index contributed by atoms with van der Waals surface area (Å²) in [6, 6.07) is 1.12. The molecular weight excluding hydrogens is 314 g/mol. The molecule has 1 rings (SSSR count). The maximum atomic E-state index is 11.8. The first-order valence-corrected chi connectivity index (χ1v) is 6.75. The lowest BCUT2D eigenvalue weighted by Gasteiger charge is -2.12. The van der Waals surface area contributed by atoms with Gasteiger partial charge < -0.3 is 20.3 Å². The molecule has 1 heterocycles. The predicted molar refractivity (Wildman–Crippen MR) is 77.3 cm³/mol. The molecule has 19 heavy (non-hydrogen) atoms. The van der Waals surface area contributed by atoms with Crippen LogP contribution in [-0.2, 0) is 7.05 Å². The van der Waals surface area contributed by atoms with Gasteiger partial charge in [-0.1, -0.05) is 6.92 Å². The van der Waals surface area contributed by atoms with Gasteiger partial charge in [0.15, 0.2) is 0 Å². The Morgan fingerprint density at radius 1 is 1.58 bits per heavy atom. The maximum absolute atomic E-state index is 11.8. The Labute approximate surface area is 120 Å². The summed E-state index contributed by atoms with van der Waals surface area (Å²) in [4.78, 5) is 23.4. The Kier molecular flexibility index (Phi) is 6.04. The topological polar surface area (TPSA) is 83.4 Å². The van der Waals surface area contributed by atoms with Crippen LogP contribution in [0.2, 0.25) is 0 Å². The average molecular weight is 332 g/mol. The molecule has 0 fully saturated rings. The van der Waals surface area contributed by atoms with Crippen LogP contribution in [0.15, 0.2) is 21.5 Å². The van der Waals surface area contributed by atoms with Crippen molar-refractivity contribution in [2.45, 2.75) is 13.3 Å². The van der Waals surface area contributed by atoms with Crippen LogP contribution in [0.3, 0.4) is 0 Å². The van der Waals surface area contributed by atoms with Crippen molar-refractivity contribution < 1.29 is 9.90 Å². The number of aliphatic hydroxyl groups excluding tert-OH is 1. The molecule has 1 atom stereocenters. The molecule has 0 bridgehead atoms. The Bertz CT molecular complexity index is 501. The van der Waals surface area contributed by atoms with Crippen LogP contribution in [-0.4, -0.2) is 28.9 Å². The monoisotopic (exact) mass is 331 g/mol. The highest BCUT2D eigenvalue weighted by Gasteiger charge is 2.09. The van der Waals surface area contributed by atoms with Crippen LogP contribution in [0.5, 0.6) is 0 Å². The number of nitrogens with zero attached hydrogens (tertiary/aromatic N) is 1. The molecule has 0 aromatic carbocycles. The molecule has 1 aromatic heterocycles. The van der Waals surface area contributed by atoms with Gasteiger partial charge in [-0.25, -0.2) is 4.79 Å². The number of aromatic nitrogens is 1. The minimum atomic E-state index is -0.431. The van der Waals surface area contributed by atoms with E-state index >= 15 is 0 Å². The van der Waals surface area contributed by atoms with Crippen LogP contribution in [0.1, 0.15) is 13.3 Å². The molecule has 7 heteroatoms.